The Hall–Kier alpha value is -1.76. The van der Waals surface area contributed by atoms with Crippen LogP contribution in [0.3, 0.4) is 0 Å². The van der Waals surface area contributed by atoms with Gasteiger partial charge in [-0.15, -0.1) is 0 Å². The Kier molecular flexibility index (Phi) is 12.1. The Balaban J connectivity index is 0. The largest absolute Gasteiger partial charge is 0.481 e. The molecule has 0 amide bonds. The van der Waals surface area contributed by atoms with Gasteiger partial charge in [-0.2, -0.15) is 0 Å². The number of nitrogens with one attached hydrogen (secondary N) is 1. The van der Waals surface area contributed by atoms with E-state index in [1.54, 1.807) is 0 Å². The van der Waals surface area contributed by atoms with Gasteiger partial charge in [0, 0.05) is 31.8 Å². The van der Waals surface area contributed by atoms with Crippen molar-refractivity contribution in [3.05, 3.63) is 0 Å². The first kappa shape index (κ1) is 22.5. The van der Waals surface area contributed by atoms with Crippen molar-refractivity contribution < 1.29 is 29.7 Å². The smallest absolute Gasteiger partial charge is 0.320 e. The van der Waals surface area contributed by atoms with Crippen molar-refractivity contribution in [1.29, 1.82) is 0 Å². The average Bonchev–Trinajstić information content (AvgIpc) is 2.35. The number of hydrogen-bond acceptors (Lipinski definition) is 5. The Bertz CT molecular complexity index is 413. The minimum atomic E-state index is -1.30. The van der Waals surface area contributed by atoms with Crippen molar-refractivity contribution in [1.82, 2.24) is 5.32 Å². The van der Waals surface area contributed by atoms with Crippen LogP contribution in [-0.2, 0) is 14.4 Å². The second kappa shape index (κ2) is 11.8. The summed E-state index contributed by atoms with van der Waals surface area (Å²) in [7, 11) is 0. The van der Waals surface area contributed by atoms with Gasteiger partial charge in [-0.25, -0.2) is 0 Å². The van der Waals surface area contributed by atoms with Crippen LogP contribution < -0.4 is 16.8 Å². The van der Waals surface area contributed by atoms with E-state index in [0.29, 0.717) is 6.42 Å². The number of carboxylic acids is 3. The van der Waals surface area contributed by atoms with Gasteiger partial charge in [0.2, 0.25) is 0 Å². The third-order valence-electron chi connectivity index (χ3n) is 2.59. The summed E-state index contributed by atoms with van der Waals surface area (Å²) in [5, 5.41) is 29.0. The third kappa shape index (κ3) is 11.0. The summed E-state index contributed by atoms with van der Waals surface area (Å²) in [6.45, 7) is 0.223. The Morgan fingerprint density at radius 3 is 1.91 bits per heavy atom. The van der Waals surface area contributed by atoms with Crippen LogP contribution in [-0.4, -0.2) is 76.7 Å². The standard InChI is InChI=1S/C11H20N4O6.Li/c12-11(13)14-5-1-2-6(9(18)19)15-7(10(20)21)3-4-8(16)17;/h6-7,15H,1-5H2,(H,16,17)(H,18,19)(H,20,21)(H4,12,13,14);. The van der Waals surface area contributed by atoms with Crippen LogP contribution in [0.15, 0.2) is 4.99 Å². The van der Waals surface area contributed by atoms with E-state index in [9.17, 15) is 14.4 Å². The predicted molar refractivity (Wildman–Crippen MR) is 78.5 cm³/mol. The van der Waals surface area contributed by atoms with Crippen LogP contribution in [0.25, 0.3) is 0 Å². The average molecular weight is 311 g/mol. The van der Waals surface area contributed by atoms with Gasteiger partial charge >= 0.3 is 17.9 Å². The van der Waals surface area contributed by atoms with Crippen molar-refractivity contribution in [3.63, 3.8) is 0 Å². The zero-order valence-corrected chi connectivity index (χ0v) is 12.4. The van der Waals surface area contributed by atoms with Crippen LogP contribution >= 0.6 is 0 Å². The second-order valence-electron chi connectivity index (χ2n) is 4.33. The van der Waals surface area contributed by atoms with E-state index in [2.05, 4.69) is 10.3 Å². The topological polar surface area (TPSA) is 188 Å². The second-order valence-corrected chi connectivity index (χ2v) is 4.33. The summed E-state index contributed by atoms with van der Waals surface area (Å²) in [5.41, 5.74) is 10.2. The van der Waals surface area contributed by atoms with Gasteiger partial charge in [0.05, 0.1) is 0 Å². The molecule has 1 radical (unpaired) electrons. The Morgan fingerprint density at radius 2 is 1.50 bits per heavy atom. The molecule has 2 atom stereocenters. The van der Waals surface area contributed by atoms with Gasteiger partial charge in [-0.1, -0.05) is 0 Å². The van der Waals surface area contributed by atoms with E-state index in [4.69, 9.17) is 26.8 Å². The van der Waals surface area contributed by atoms with Gasteiger partial charge in [0.1, 0.15) is 12.1 Å². The van der Waals surface area contributed by atoms with Crippen LogP contribution in [0.2, 0.25) is 0 Å². The molecule has 0 aromatic rings. The first-order valence-electron chi connectivity index (χ1n) is 6.23. The molecular weight excluding hydrogens is 291 g/mol. The molecule has 0 heterocycles. The molecule has 0 spiro atoms. The monoisotopic (exact) mass is 311 g/mol. The number of aliphatic carboxylic acids is 3. The van der Waals surface area contributed by atoms with Crippen molar-refractivity contribution in [2.45, 2.75) is 37.8 Å². The maximum atomic E-state index is 11.1. The van der Waals surface area contributed by atoms with Crippen molar-refractivity contribution in [2.75, 3.05) is 6.54 Å². The molecule has 0 fully saturated rings. The fraction of sp³-hybridized carbons (Fsp3) is 0.636. The van der Waals surface area contributed by atoms with Crippen molar-refractivity contribution >= 4 is 42.7 Å². The maximum Gasteiger partial charge on any atom is 0.320 e. The molecule has 0 rings (SSSR count). The zero-order valence-electron chi connectivity index (χ0n) is 12.4. The zero-order chi connectivity index (χ0) is 16.4. The number of guanidine groups is 1. The van der Waals surface area contributed by atoms with E-state index in [1.165, 1.54) is 0 Å². The molecule has 121 valence electrons. The minimum absolute atomic E-state index is 0. The van der Waals surface area contributed by atoms with Crippen LogP contribution in [0.4, 0.5) is 0 Å². The van der Waals surface area contributed by atoms with Crippen LogP contribution in [0.5, 0.6) is 0 Å². The number of nitrogens with zero attached hydrogens (tertiary/aromatic N) is 1. The number of rotatable bonds is 11. The quantitative estimate of drug-likeness (QED) is 0.109. The van der Waals surface area contributed by atoms with E-state index >= 15 is 0 Å². The number of nitrogens with two attached hydrogens (primary N) is 2. The summed E-state index contributed by atoms with van der Waals surface area (Å²) in [6.07, 6.45) is -0.122. The van der Waals surface area contributed by atoms with Gasteiger partial charge < -0.3 is 26.8 Å². The minimum Gasteiger partial charge on any atom is -0.481 e. The molecule has 22 heavy (non-hydrogen) atoms. The van der Waals surface area contributed by atoms with E-state index in [-0.39, 0.29) is 50.6 Å². The summed E-state index contributed by atoms with van der Waals surface area (Å²) in [6, 6.07) is -2.36. The molecule has 0 bridgehead atoms. The summed E-state index contributed by atoms with van der Waals surface area (Å²) >= 11 is 0. The first-order valence-corrected chi connectivity index (χ1v) is 6.23. The molecule has 2 unspecified atom stereocenters. The van der Waals surface area contributed by atoms with Gasteiger partial charge in [-0.3, -0.25) is 24.7 Å². The fourth-order valence-electron chi connectivity index (χ4n) is 1.57. The number of hydrogen-bond donors (Lipinski definition) is 6. The molecule has 11 heteroatoms. The van der Waals surface area contributed by atoms with E-state index in [0.717, 1.165) is 0 Å². The Morgan fingerprint density at radius 1 is 1.00 bits per heavy atom. The normalized spacial score (nSPS) is 12.5. The summed E-state index contributed by atoms with van der Waals surface area (Å²) < 4.78 is 0. The molecule has 0 aromatic heterocycles. The maximum absolute atomic E-state index is 11.1. The van der Waals surface area contributed by atoms with E-state index < -0.39 is 30.0 Å². The van der Waals surface area contributed by atoms with Crippen LogP contribution in [0, 0.1) is 0 Å². The molecule has 0 aromatic carbocycles. The molecule has 0 aliphatic heterocycles. The van der Waals surface area contributed by atoms with E-state index in [1.807, 2.05) is 0 Å². The molecule has 8 N–H and O–H groups in total. The molecule has 0 aliphatic carbocycles. The SMILES string of the molecule is NC(N)=NCCCC(NC(CCC(=O)O)C(=O)O)C(=O)O.[Li]. The molecule has 10 nitrogen and oxygen atoms in total. The van der Waals surface area contributed by atoms with Gasteiger partial charge in [0.15, 0.2) is 5.96 Å². The van der Waals surface area contributed by atoms with Crippen molar-refractivity contribution in [2.24, 2.45) is 16.5 Å². The summed E-state index contributed by atoms with van der Waals surface area (Å²) in [5.74, 6) is -3.78. The molecule has 0 saturated carbocycles. The predicted octanol–water partition coefficient (Wildman–Crippen LogP) is -1.98. The molecule has 0 aliphatic rings. The number of carbonyl (C=O) groups is 3. The molecule has 0 saturated heterocycles. The number of carboxylic acid groups (broad SMARTS) is 3. The van der Waals surface area contributed by atoms with Gasteiger partial charge in [-0.05, 0) is 19.3 Å². The van der Waals surface area contributed by atoms with Crippen LogP contribution in [0.1, 0.15) is 25.7 Å². The number of aliphatic imine (C=N–C) groups is 1. The third-order valence-corrected chi connectivity index (χ3v) is 2.59. The fourth-order valence-corrected chi connectivity index (χ4v) is 1.57. The van der Waals surface area contributed by atoms with Crippen molar-refractivity contribution in [3.8, 4) is 0 Å². The summed E-state index contributed by atoms with van der Waals surface area (Å²) in [4.78, 5) is 36.2. The first-order chi connectivity index (χ1) is 9.73. The molecular formula is C11H20LiN4O6. The Labute approximate surface area is 139 Å². The van der Waals surface area contributed by atoms with Gasteiger partial charge in [0.25, 0.3) is 0 Å².